The molecule has 100 valence electrons. The van der Waals surface area contributed by atoms with Gasteiger partial charge in [0.25, 0.3) is 0 Å². The molecule has 2 rings (SSSR count). The van der Waals surface area contributed by atoms with Gasteiger partial charge in [-0.2, -0.15) is 0 Å². The van der Waals surface area contributed by atoms with E-state index in [0.717, 1.165) is 16.9 Å². The number of nitrogens with zero attached hydrogens (tertiary/aromatic N) is 2. The van der Waals surface area contributed by atoms with E-state index < -0.39 is 0 Å². The van der Waals surface area contributed by atoms with Gasteiger partial charge in [-0.15, -0.1) is 0 Å². The van der Waals surface area contributed by atoms with E-state index in [1.165, 1.54) is 6.33 Å². The average molecular weight is 258 g/mol. The Morgan fingerprint density at radius 3 is 2.68 bits per heavy atom. The number of anilines is 1. The summed E-state index contributed by atoms with van der Waals surface area (Å²) in [6.07, 6.45) is 1.44. The number of ether oxygens (including phenoxy) is 1. The molecule has 5 heteroatoms. The van der Waals surface area contributed by atoms with E-state index in [2.05, 4.69) is 15.4 Å². The van der Waals surface area contributed by atoms with Crippen LogP contribution >= 0.6 is 0 Å². The zero-order valence-corrected chi connectivity index (χ0v) is 11.3. The maximum Gasteiger partial charge on any atom is 0.227 e. The molecule has 0 atom stereocenters. The molecule has 0 saturated heterocycles. The first-order valence-electron chi connectivity index (χ1n) is 6.18. The summed E-state index contributed by atoms with van der Waals surface area (Å²) >= 11 is 0. The van der Waals surface area contributed by atoms with Gasteiger partial charge in [0.15, 0.2) is 5.82 Å². The highest BCUT2D eigenvalue weighted by atomic mass is 16.5. The summed E-state index contributed by atoms with van der Waals surface area (Å²) < 4.78 is 5.85. The molecule has 0 aliphatic carbocycles. The second-order valence-corrected chi connectivity index (χ2v) is 4.66. The molecule has 0 fully saturated rings. The maximum absolute atomic E-state index is 5.85. The van der Waals surface area contributed by atoms with Gasteiger partial charge in [-0.25, -0.2) is 15.8 Å². The monoisotopic (exact) mass is 258 g/mol. The number of nitrogens with one attached hydrogen (secondary N) is 1. The second kappa shape index (κ2) is 5.67. The first-order valence-corrected chi connectivity index (χ1v) is 6.18. The van der Waals surface area contributed by atoms with Gasteiger partial charge in [0.2, 0.25) is 5.88 Å². The molecular weight excluding hydrogens is 240 g/mol. The molecule has 2 aromatic rings. The van der Waals surface area contributed by atoms with Crippen molar-refractivity contribution in [3.63, 3.8) is 0 Å². The average Bonchev–Trinajstić information content (AvgIpc) is 2.38. The zero-order chi connectivity index (χ0) is 13.8. The molecule has 19 heavy (non-hydrogen) atoms. The van der Waals surface area contributed by atoms with Gasteiger partial charge in [0.05, 0.1) is 5.56 Å². The Labute approximate surface area is 112 Å². The van der Waals surface area contributed by atoms with Crippen molar-refractivity contribution in [2.45, 2.75) is 26.7 Å². The molecule has 1 heterocycles. The van der Waals surface area contributed by atoms with Crippen LogP contribution in [0.1, 0.15) is 30.9 Å². The number of nitrogen functional groups attached to an aromatic ring is 1. The van der Waals surface area contributed by atoms with Crippen LogP contribution in [0.5, 0.6) is 11.6 Å². The number of nitrogens with two attached hydrogens (primary N) is 1. The van der Waals surface area contributed by atoms with Gasteiger partial charge >= 0.3 is 0 Å². The van der Waals surface area contributed by atoms with Crippen molar-refractivity contribution in [1.82, 2.24) is 9.97 Å². The van der Waals surface area contributed by atoms with Crippen LogP contribution in [0.3, 0.4) is 0 Å². The molecule has 1 aromatic carbocycles. The molecule has 3 N–H and O–H groups in total. The van der Waals surface area contributed by atoms with Crippen molar-refractivity contribution < 1.29 is 4.74 Å². The van der Waals surface area contributed by atoms with E-state index in [4.69, 9.17) is 10.6 Å². The lowest BCUT2D eigenvalue weighted by atomic mass is 10.1. The Balaban J connectivity index is 2.39. The lowest BCUT2D eigenvalue weighted by molar-refractivity contribution is 0.451. The maximum atomic E-state index is 5.85. The molecule has 0 aliphatic rings. The van der Waals surface area contributed by atoms with Crippen LogP contribution in [0, 0.1) is 6.92 Å². The third-order valence-corrected chi connectivity index (χ3v) is 2.77. The number of aryl methyl sites for hydroxylation is 1. The van der Waals surface area contributed by atoms with Gasteiger partial charge in [-0.1, -0.05) is 26.0 Å². The number of hydrogen-bond acceptors (Lipinski definition) is 5. The molecule has 0 bridgehead atoms. The highest BCUT2D eigenvalue weighted by Crippen LogP contribution is 2.32. The normalized spacial score (nSPS) is 10.6. The first-order chi connectivity index (χ1) is 9.11. The third-order valence-electron chi connectivity index (χ3n) is 2.77. The van der Waals surface area contributed by atoms with E-state index >= 15 is 0 Å². The summed E-state index contributed by atoms with van der Waals surface area (Å²) in [7, 11) is 0. The fraction of sp³-hybridized carbons (Fsp3) is 0.286. The van der Waals surface area contributed by atoms with Gasteiger partial charge in [-0.3, -0.25) is 0 Å². The summed E-state index contributed by atoms with van der Waals surface area (Å²) in [5.41, 5.74) is 4.58. The van der Waals surface area contributed by atoms with Crippen molar-refractivity contribution in [3.05, 3.63) is 41.7 Å². The third kappa shape index (κ3) is 3.00. The van der Waals surface area contributed by atoms with Crippen LogP contribution in [-0.2, 0) is 0 Å². The van der Waals surface area contributed by atoms with Gasteiger partial charge < -0.3 is 10.2 Å². The minimum atomic E-state index is 0.201. The van der Waals surface area contributed by atoms with E-state index in [1.807, 2.05) is 45.0 Å². The first kappa shape index (κ1) is 13.3. The van der Waals surface area contributed by atoms with Gasteiger partial charge in [0.1, 0.15) is 12.1 Å². The van der Waals surface area contributed by atoms with Crippen LogP contribution in [0.4, 0.5) is 5.82 Å². The lowest BCUT2D eigenvalue weighted by Gasteiger charge is -2.15. The van der Waals surface area contributed by atoms with E-state index in [9.17, 15) is 0 Å². The predicted molar refractivity (Wildman–Crippen MR) is 75.2 cm³/mol. The zero-order valence-electron chi connectivity index (χ0n) is 11.3. The fourth-order valence-electron chi connectivity index (χ4n) is 1.89. The number of hydrazine groups is 1. The second-order valence-electron chi connectivity index (χ2n) is 4.66. The molecule has 0 spiro atoms. The molecule has 0 radical (unpaired) electrons. The molecule has 5 nitrogen and oxygen atoms in total. The molecule has 0 amide bonds. The number of aromatic nitrogens is 2. The summed E-state index contributed by atoms with van der Waals surface area (Å²) in [4.78, 5) is 8.32. The Morgan fingerprint density at radius 1 is 1.26 bits per heavy atom. The summed E-state index contributed by atoms with van der Waals surface area (Å²) in [5.74, 6) is 7.55. The quantitative estimate of drug-likeness (QED) is 0.651. The lowest BCUT2D eigenvalue weighted by Crippen LogP contribution is -2.13. The standard InChI is InChI=1S/C14H18N4O/c1-9(2)12-13(18-15)16-8-17-14(12)19-11-6-4-5-10(3)7-11/h4-9H,15H2,1-3H3,(H,16,17,18). The Bertz CT molecular complexity index is 569. The van der Waals surface area contributed by atoms with Crippen molar-refractivity contribution in [3.8, 4) is 11.6 Å². The smallest absolute Gasteiger partial charge is 0.227 e. The van der Waals surface area contributed by atoms with E-state index in [1.54, 1.807) is 0 Å². The Kier molecular flexibility index (Phi) is 3.97. The molecular formula is C14H18N4O. The molecule has 0 saturated carbocycles. The van der Waals surface area contributed by atoms with Crippen LogP contribution in [-0.4, -0.2) is 9.97 Å². The van der Waals surface area contributed by atoms with E-state index in [0.29, 0.717) is 11.7 Å². The molecule has 0 unspecified atom stereocenters. The molecule has 0 aliphatic heterocycles. The predicted octanol–water partition coefficient (Wildman–Crippen LogP) is 2.99. The van der Waals surface area contributed by atoms with Crippen molar-refractivity contribution in [2.24, 2.45) is 5.84 Å². The van der Waals surface area contributed by atoms with Crippen LogP contribution in [0.15, 0.2) is 30.6 Å². The largest absolute Gasteiger partial charge is 0.439 e. The Morgan fingerprint density at radius 2 is 2.05 bits per heavy atom. The summed E-state index contributed by atoms with van der Waals surface area (Å²) in [6.45, 7) is 6.11. The van der Waals surface area contributed by atoms with Crippen molar-refractivity contribution in [1.29, 1.82) is 0 Å². The fourth-order valence-corrected chi connectivity index (χ4v) is 1.89. The molecule has 1 aromatic heterocycles. The number of rotatable bonds is 4. The highest BCUT2D eigenvalue weighted by molar-refractivity contribution is 5.50. The summed E-state index contributed by atoms with van der Waals surface area (Å²) in [5, 5.41) is 0. The minimum Gasteiger partial charge on any atom is -0.439 e. The number of benzene rings is 1. The number of hydrogen-bond donors (Lipinski definition) is 2. The van der Waals surface area contributed by atoms with Gasteiger partial charge in [-0.05, 0) is 30.5 Å². The SMILES string of the molecule is Cc1cccc(Oc2ncnc(NN)c2C(C)C)c1. The Hall–Kier alpha value is -2.14. The minimum absolute atomic E-state index is 0.201. The van der Waals surface area contributed by atoms with Crippen LogP contribution in [0.25, 0.3) is 0 Å². The van der Waals surface area contributed by atoms with Gasteiger partial charge in [0, 0.05) is 0 Å². The topological polar surface area (TPSA) is 73.1 Å². The van der Waals surface area contributed by atoms with Crippen LogP contribution < -0.4 is 16.0 Å². The van der Waals surface area contributed by atoms with Crippen LogP contribution in [0.2, 0.25) is 0 Å². The highest BCUT2D eigenvalue weighted by Gasteiger charge is 2.16. The van der Waals surface area contributed by atoms with Crippen molar-refractivity contribution >= 4 is 5.82 Å². The summed E-state index contributed by atoms with van der Waals surface area (Å²) in [6, 6.07) is 7.82. The van der Waals surface area contributed by atoms with E-state index in [-0.39, 0.29) is 5.92 Å². The van der Waals surface area contributed by atoms with Crippen molar-refractivity contribution in [2.75, 3.05) is 5.43 Å².